The van der Waals surface area contributed by atoms with E-state index in [1.165, 1.54) is 5.56 Å². The highest BCUT2D eigenvalue weighted by atomic mass is 16.5. The Labute approximate surface area is 123 Å². The largest absolute Gasteiger partial charge is 0.497 e. The summed E-state index contributed by atoms with van der Waals surface area (Å²) in [6.07, 6.45) is 0. The highest BCUT2D eigenvalue weighted by Gasteiger charge is 2.10. The molecule has 3 aromatic rings. The summed E-state index contributed by atoms with van der Waals surface area (Å²) < 4.78 is 12.7. The number of ether oxygens (including phenoxy) is 2. The van der Waals surface area contributed by atoms with Crippen LogP contribution >= 0.6 is 0 Å². The van der Waals surface area contributed by atoms with Gasteiger partial charge in [0.1, 0.15) is 18.2 Å². The molecule has 0 spiro atoms. The van der Waals surface area contributed by atoms with Crippen molar-refractivity contribution >= 4 is 11.0 Å². The van der Waals surface area contributed by atoms with Crippen molar-refractivity contribution in [3.05, 3.63) is 59.9 Å². The Bertz CT molecular complexity index is 732. The molecule has 0 radical (unpaired) electrons. The molecule has 4 nitrogen and oxygen atoms in total. The maximum absolute atomic E-state index is 5.27. The zero-order valence-electron chi connectivity index (χ0n) is 12.2. The van der Waals surface area contributed by atoms with Crippen LogP contribution in [0.5, 0.6) is 5.75 Å². The van der Waals surface area contributed by atoms with Gasteiger partial charge in [0, 0.05) is 13.7 Å². The molecule has 0 saturated carbocycles. The lowest BCUT2D eigenvalue weighted by Crippen LogP contribution is -2.06. The molecular weight excluding hydrogens is 264 g/mol. The Hall–Kier alpha value is -2.33. The fourth-order valence-electron chi connectivity index (χ4n) is 2.45. The van der Waals surface area contributed by atoms with Gasteiger partial charge in [0.05, 0.1) is 18.1 Å². The fourth-order valence-corrected chi connectivity index (χ4v) is 2.45. The van der Waals surface area contributed by atoms with Crippen molar-refractivity contribution in [2.24, 2.45) is 0 Å². The molecule has 108 valence electrons. The summed E-state index contributed by atoms with van der Waals surface area (Å²) >= 11 is 0. The van der Waals surface area contributed by atoms with Crippen molar-refractivity contribution in [2.75, 3.05) is 14.2 Å². The average molecular weight is 282 g/mol. The van der Waals surface area contributed by atoms with E-state index < -0.39 is 0 Å². The van der Waals surface area contributed by atoms with Crippen LogP contribution < -0.4 is 4.74 Å². The highest BCUT2D eigenvalue weighted by Crippen LogP contribution is 2.19. The molecule has 1 heterocycles. The molecule has 1 aromatic heterocycles. The molecule has 0 aliphatic heterocycles. The van der Waals surface area contributed by atoms with Crippen molar-refractivity contribution in [2.45, 2.75) is 13.2 Å². The van der Waals surface area contributed by atoms with Crippen LogP contribution in [0.15, 0.2) is 48.5 Å². The van der Waals surface area contributed by atoms with Gasteiger partial charge in [-0.2, -0.15) is 0 Å². The van der Waals surface area contributed by atoms with Gasteiger partial charge in [-0.15, -0.1) is 0 Å². The Morgan fingerprint density at radius 3 is 2.48 bits per heavy atom. The maximum atomic E-state index is 5.27. The van der Waals surface area contributed by atoms with Crippen molar-refractivity contribution in [3.8, 4) is 5.75 Å². The Morgan fingerprint density at radius 1 is 1.00 bits per heavy atom. The van der Waals surface area contributed by atoms with Gasteiger partial charge in [0.2, 0.25) is 0 Å². The summed E-state index contributed by atoms with van der Waals surface area (Å²) in [6.45, 7) is 1.27. The van der Waals surface area contributed by atoms with E-state index in [2.05, 4.69) is 27.8 Å². The summed E-state index contributed by atoms with van der Waals surface area (Å²) in [4.78, 5) is 4.65. The Kier molecular flexibility index (Phi) is 3.88. The molecule has 0 N–H and O–H groups in total. The number of benzene rings is 2. The van der Waals surface area contributed by atoms with Gasteiger partial charge in [-0.1, -0.05) is 24.3 Å². The zero-order valence-corrected chi connectivity index (χ0v) is 12.2. The number of imidazole rings is 1. The van der Waals surface area contributed by atoms with Gasteiger partial charge in [-0.3, -0.25) is 0 Å². The minimum atomic E-state index is 0.505. The average Bonchev–Trinajstić information content (AvgIpc) is 2.86. The summed E-state index contributed by atoms with van der Waals surface area (Å²) in [7, 11) is 3.37. The highest BCUT2D eigenvalue weighted by molar-refractivity contribution is 5.76. The first-order valence-corrected chi connectivity index (χ1v) is 6.88. The van der Waals surface area contributed by atoms with Crippen LogP contribution in [0.4, 0.5) is 0 Å². The normalized spacial score (nSPS) is 11.0. The van der Waals surface area contributed by atoms with Crippen molar-refractivity contribution < 1.29 is 9.47 Å². The van der Waals surface area contributed by atoms with E-state index in [-0.39, 0.29) is 0 Å². The van der Waals surface area contributed by atoms with E-state index in [0.717, 1.165) is 29.2 Å². The Morgan fingerprint density at radius 2 is 1.76 bits per heavy atom. The van der Waals surface area contributed by atoms with E-state index in [0.29, 0.717) is 6.61 Å². The van der Waals surface area contributed by atoms with E-state index in [4.69, 9.17) is 9.47 Å². The van der Waals surface area contributed by atoms with Crippen molar-refractivity contribution in [3.63, 3.8) is 0 Å². The second-order valence-electron chi connectivity index (χ2n) is 4.88. The van der Waals surface area contributed by atoms with Crippen LogP contribution in [0.25, 0.3) is 11.0 Å². The van der Waals surface area contributed by atoms with Crippen LogP contribution in [0.1, 0.15) is 11.4 Å². The zero-order chi connectivity index (χ0) is 14.7. The quantitative estimate of drug-likeness (QED) is 0.721. The maximum Gasteiger partial charge on any atom is 0.136 e. The first-order valence-electron chi connectivity index (χ1n) is 6.88. The molecule has 4 heteroatoms. The summed E-state index contributed by atoms with van der Waals surface area (Å²) in [6, 6.07) is 16.3. The number of methoxy groups -OCH3 is 2. The van der Waals surface area contributed by atoms with Crippen LogP contribution in [-0.4, -0.2) is 23.8 Å². The molecule has 3 rings (SSSR count). The van der Waals surface area contributed by atoms with E-state index in [1.54, 1.807) is 14.2 Å². The molecule has 0 unspecified atom stereocenters. The molecule has 0 bridgehead atoms. The summed E-state index contributed by atoms with van der Waals surface area (Å²) in [5.74, 6) is 1.81. The van der Waals surface area contributed by atoms with Crippen LogP contribution in [0.2, 0.25) is 0 Å². The molecule has 21 heavy (non-hydrogen) atoms. The van der Waals surface area contributed by atoms with Crippen LogP contribution in [0, 0.1) is 0 Å². The number of nitrogens with zero attached hydrogens (tertiary/aromatic N) is 2. The second kappa shape index (κ2) is 5.97. The third kappa shape index (κ3) is 2.76. The predicted molar refractivity (Wildman–Crippen MR) is 82.5 cm³/mol. The fraction of sp³-hybridized carbons (Fsp3) is 0.235. The molecule has 0 aliphatic rings. The lowest BCUT2D eigenvalue weighted by Gasteiger charge is -2.09. The lowest BCUT2D eigenvalue weighted by atomic mass is 10.2. The molecule has 0 atom stereocenters. The van der Waals surface area contributed by atoms with Crippen LogP contribution in [-0.2, 0) is 17.9 Å². The predicted octanol–water partition coefficient (Wildman–Crippen LogP) is 3.24. The van der Waals surface area contributed by atoms with Crippen molar-refractivity contribution in [1.29, 1.82) is 0 Å². The lowest BCUT2D eigenvalue weighted by molar-refractivity contribution is 0.175. The summed E-state index contributed by atoms with van der Waals surface area (Å²) in [5.41, 5.74) is 3.33. The number of aromatic nitrogens is 2. The smallest absolute Gasteiger partial charge is 0.136 e. The van der Waals surface area contributed by atoms with Gasteiger partial charge in [-0.25, -0.2) is 4.98 Å². The van der Waals surface area contributed by atoms with E-state index >= 15 is 0 Å². The van der Waals surface area contributed by atoms with Gasteiger partial charge >= 0.3 is 0 Å². The number of hydrogen-bond acceptors (Lipinski definition) is 3. The third-order valence-corrected chi connectivity index (χ3v) is 3.51. The minimum absolute atomic E-state index is 0.505. The number of hydrogen-bond donors (Lipinski definition) is 0. The second-order valence-corrected chi connectivity index (χ2v) is 4.88. The SMILES string of the molecule is COCc1nc2ccccc2n1Cc1ccc(OC)cc1. The third-order valence-electron chi connectivity index (χ3n) is 3.51. The number of rotatable bonds is 5. The molecule has 0 saturated heterocycles. The van der Waals surface area contributed by atoms with Gasteiger partial charge in [-0.05, 0) is 29.8 Å². The van der Waals surface area contributed by atoms with Gasteiger partial charge in [0.25, 0.3) is 0 Å². The van der Waals surface area contributed by atoms with Gasteiger partial charge < -0.3 is 14.0 Å². The molecule has 0 fully saturated rings. The minimum Gasteiger partial charge on any atom is -0.497 e. The first-order chi connectivity index (χ1) is 10.3. The molecule has 0 aliphatic carbocycles. The molecule has 2 aromatic carbocycles. The number of fused-ring (bicyclic) bond motifs is 1. The Balaban J connectivity index is 1.99. The molecule has 0 amide bonds. The summed E-state index contributed by atoms with van der Waals surface area (Å²) in [5, 5.41) is 0. The van der Waals surface area contributed by atoms with E-state index in [1.807, 2.05) is 30.3 Å². The van der Waals surface area contributed by atoms with Gasteiger partial charge in [0.15, 0.2) is 0 Å². The van der Waals surface area contributed by atoms with E-state index in [9.17, 15) is 0 Å². The monoisotopic (exact) mass is 282 g/mol. The first kappa shape index (κ1) is 13.6. The van der Waals surface area contributed by atoms with Crippen molar-refractivity contribution in [1.82, 2.24) is 9.55 Å². The van der Waals surface area contributed by atoms with Crippen LogP contribution in [0.3, 0.4) is 0 Å². The standard InChI is InChI=1S/C17H18N2O2/c1-20-12-17-18-15-5-3-4-6-16(15)19(17)11-13-7-9-14(21-2)10-8-13/h3-10H,11-12H2,1-2H3. The topological polar surface area (TPSA) is 36.3 Å². The number of para-hydroxylation sites is 2. The molecular formula is C17H18N2O2.